The second-order valence-corrected chi connectivity index (χ2v) is 7.52. The summed E-state index contributed by atoms with van der Waals surface area (Å²) in [7, 11) is -1.57. The van der Waals surface area contributed by atoms with Crippen molar-refractivity contribution in [2.45, 2.75) is 51.4 Å². The maximum Gasteiger partial charge on any atom is 0.488 e. The summed E-state index contributed by atoms with van der Waals surface area (Å²) in [6, 6.07) is 12.3. The van der Waals surface area contributed by atoms with Crippen molar-refractivity contribution in [3.8, 4) is 0 Å². The Balaban J connectivity index is 1.53. The smallest absolute Gasteiger partial charge is 0.423 e. The van der Waals surface area contributed by atoms with Crippen LogP contribution in [0.3, 0.4) is 0 Å². The van der Waals surface area contributed by atoms with Crippen LogP contribution in [0.25, 0.3) is 0 Å². The number of hydrogen-bond acceptors (Lipinski definition) is 6. The van der Waals surface area contributed by atoms with E-state index in [1.54, 1.807) is 24.3 Å². The van der Waals surface area contributed by atoms with E-state index in [1.165, 1.54) is 24.3 Å². The Kier molecular flexibility index (Phi) is 10.4. The van der Waals surface area contributed by atoms with Crippen LogP contribution in [0.5, 0.6) is 0 Å². The van der Waals surface area contributed by atoms with Gasteiger partial charge in [0.1, 0.15) is 0 Å². The van der Waals surface area contributed by atoms with E-state index in [-0.39, 0.29) is 17.5 Å². The zero-order valence-corrected chi connectivity index (χ0v) is 17.8. The van der Waals surface area contributed by atoms with Crippen LogP contribution in [-0.4, -0.2) is 33.9 Å². The molecule has 10 heteroatoms. The van der Waals surface area contributed by atoms with Gasteiger partial charge in [-0.2, -0.15) is 0 Å². The van der Waals surface area contributed by atoms with Gasteiger partial charge in [-0.15, -0.1) is 0 Å². The zero-order chi connectivity index (χ0) is 23.3. The molecule has 2 aromatic rings. The number of nitro groups is 1. The van der Waals surface area contributed by atoms with Gasteiger partial charge in [0.05, 0.1) is 4.92 Å². The van der Waals surface area contributed by atoms with Gasteiger partial charge in [-0.05, 0) is 36.5 Å². The van der Waals surface area contributed by atoms with E-state index >= 15 is 0 Å². The molecule has 0 fully saturated rings. The Morgan fingerprint density at radius 2 is 1.31 bits per heavy atom. The third kappa shape index (κ3) is 9.28. The van der Waals surface area contributed by atoms with Gasteiger partial charge in [0.15, 0.2) is 0 Å². The SMILES string of the molecule is O=C(CCCCCCCCC(=O)Nc1cccc([N+](=O)[O-])c1)Nc1cccc(B(O)O)c1. The molecule has 0 saturated carbocycles. The summed E-state index contributed by atoms with van der Waals surface area (Å²) in [5.74, 6) is -0.285. The molecule has 0 bridgehead atoms. The standard InChI is InChI=1S/C22H28BN3O6/c27-21(24-18-10-7-9-17(15-18)23(29)30)13-5-3-1-2-4-6-14-22(28)25-19-11-8-12-20(16-19)26(31)32/h7-12,15-16,29-30H,1-6,13-14H2,(H,24,27)(H,25,28). The summed E-state index contributed by atoms with van der Waals surface area (Å²) >= 11 is 0. The normalized spacial score (nSPS) is 10.4. The van der Waals surface area contributed by atoms with Gasteiger partial charge in [0, 0.05) is 36.3 Å². The molecule has 9 nitrogen and oxygen atoms in total. The number of amides is 2. The minimum atomic E-state index is -1.57. The topological polar surface area (TPSA) is 142 Å². The summed E-state index contributed by atoms with van der Waals surface area (Å²) in [5.41, 5.74) is 1.21. The molecule has 0 heterocycles. The molecule has 4 N–H and O–H groups in total. The lowest BCUT2D eigenvalue weighted by molar-refractivity contribution is -0.384. The molecule has 0 aliphatic carbocycles. The first-order valence-electron chi connectivity index (χ1n) is 10.7. The molecule has 2 aromatic carbocycles. The van der Waals surface area contributed by atoms with Crippen LogP contribution < -0.4 is 16.1 Å². The van der Waals surface area contributed by atoms with Crippen LogP contribution in [0.1, 0.15) is 51.4 Å². The van der Waals surface area contributed by atoms with Crippen LogP contribution in [0, 0.1) is 10.1 Å². The lowest BCUT2D eigenvalue weighted by Gasteiger charge is -2.07. The highest BCUT2D eigenvalue weighted by molar-refractivity contribution is 6.58. The highest BCUT2D eigenvalue weighted by Crippen LogP contribution is 2.17. The molecule has 0 saturated heterocycles. The van der Waals surface area contributed by atoms with E-state index in [9.17, 15) is 19.7 Å². The molecule has 0 radical (unpaired) electrons. The van der Waals surface area contributed by atoms with Gasteiger partial charge < -0.3 is 20.7 Å². The minimum Gasteiger partial charge on any atom is -0.423 e. The Morgan fingerprint density at radius 1 is 0.812 bits per heavy atom. The van der Waals surface area contributed by atoms with Gasteiger partial charge in [-0.3, -0.25) is 19.7 Å². The van der Waals surface area contributed by atoms with Crippen molar-refractivity contribution in [2.24, 2.45) is 0 Å². The molecule has 0 aliphatic heterocycles. The Labute approximate surface area is 187 Å². The van der Waals surface area contributed by atoms with E-state index in [0.717, 1.165) is 38.5 Å². The van der Waals surface area contributed by atoms with Crippen LogP contribution in [0.4, 0.5) is 17.1 Å². The summed E-state index contributed by atoms with van der Waals surface area (Å²) in [6.07, 6.45) is 5.95. The van der Waals surface area contributed by atoms with Crippen molar-refractivity contribution in [2.75, 3.05) is 10.6 Å². The Morgan fingerprint density at radius 3 is 1.84 bits per heavy atom. The highest BCUT2D eigenvalue weighted by Gasteiger charge is 2.12. The molecule has 2 rings (SSSR count). The van der Waals surface area contributed by atoms with Gasteiger partial charge in [-0.25, -0.2) is 0 Å². The predicted octanol–water partition coefficient (Wildman–Crippen LogP) is 2.97. The number of nitro benzene ring substituents is 1. The quantitative estimate of drug-likeness (QED) is 0.163. The maximum atomic E-state index is 12.0. The molecule has 0 aromatic heterocycles. The van der Waals surface area contributed by atoms with E-state index in [0.29, 0.717) is 29.7 Å². The second kappa shape index (κ2) is 13.2. The van der Waals surface area contributed by atoms with Crippen LogP contribution in [-0.2, 0) is 9.59 Å². The fourth-order valence-electron chi connectivity index (χ4n) is 3.20. The molecule has 2 amide bonds. The van der Waals surface area contributed by atoms with Gasteiger partial charge >= 0.3 is 7.12 Å². The molecule has 0 unspecified atom stereocenters. The minimum absolute atomic E-state index is 0.0611. The van der Waals surface area contributed by atoms with Crippen LogP contribution >= 0.6 is 0 Å². The number of rotatable bonds is 13. The zero-order valence-electron chi connectivity index (χ0n) is 17.8. The van der Waals surface area contributed by atoms with Crippen LogP contribution in [0.2, 0.25) is 0 Å². The fraction of sp³-hybridized carbons (Fsp3) is 0.364. The number of nitrogens with zero attached hydrogens (tertiary/aromatic N) is 1. The summed E-state index contributed by atoms with van der Waals surface area (Å²) in [5, 5.41) is 34.5. The average molecular weight is 441 g/mol. The first-order valence-corrected chi connectivity index (χ1v) is 10.7. The number of benzene rings is 2. The second-order valence-electron chi connectivity index (χ2n) is 7.52. The number of carbonyl (C=O) groups excluding carboxylic acids is 2. The van der Waals surface area contributed by atoms with Gasteiger partial charge in [-0.1, -0.05) is 43.9 Å². The van der Waals surface area contributed by atoms with Crippen molar-refractivity contribution >= 4 is 41.5 Å². The molecule has 0 atom stereocenters. The molecule has 0 aliphatic rings. The lowest BCUT2D eigenvalue weighted by Crippen LogP contribution is -2.30. The third-order valence-corrected chi connectivity index (χ3v) is 4.87. The lowest BCUT2D eigenvalue weighted by atomic mass is 9.80. The van der Waals surface area contributed by atoms with Crippen LogP contribution in [0.15, 0.2) is 48.5 Å². The molecular formula is C22H28BN3O6. The molecule has 32 heavy (non-hydrogen) atoms. The third-order valence-electron chi connectivity index (χ3n) is 4.87. The fourth-order valence-corrected chi connectivity index (χ4v) is 3.20. The van der Waals surface area contributed by atoms with E-state index < -0.39 is 12.0 Å². The summed E-state index contributed by atoms with van der Waals surface area (Å²) in [4.78, 5) is 34.2. The largest absolute Gasteiger partial charge is 0.488 e. The number of carbonyl (C=O) groups is 2. The monoisotopic (exact) mass is 441 g/mol. The van der Waals surface area contributed by atoms with Crippen molar-refractivity contribution < 1.29 is 24.6 Å². The van der Waals surface area contributed by atoms with E-state index in [4.69, 9.17) is 10.0 Å². The van der Waals surface area contributed by atoms with Crippen molar-refractivity contribution in [1.82, 2.24) is 0 Å². The highest BCUT2D eigenvalue weighted by atomic mass is 16.6. The number of nitrogens with one attached hydrogen (secondary N) is 2. The van der Waals surface area contributed by atoms with Gasteiger partial charge in [0.2, 0.25) is 11.8 Å². The first-order chi connectivity index (χ1) is 15.3. The summed E-state index contributed by atoms with van der Waals surface area (Å²) in [6.45, 7) is 0. The van der Waals surface area contributed by atoms with E-state index in [2.05, 4.69) is 10.6 Å². The predicted molar refractivity (Wildman–Crippen MR) is 124 cm³/mol. The number of anilines is 2. The van der Waals surface area contributed by atoms with E-state index in [1.807, 2.05) is 0 Å². The molecule has 0 spiro atoms. The molecule has 170 valence electrons. The van der Waals surface area contributed by atoms with Crippen molar-refractivity contribution in [1.29, 1.82) is 0 Å². The first kappa shape index (κ1) is 25.0. The number of unbranched alkanes of at least 4 members (excludes halogenated alkanes) is 5. The Bertz CT molecular complexity index is 922. The number of hydrogen-bond donors (Lipinski definition) is 4. The Hall–Kier alpha value is -3.24. The number of non-ortho nitro benzene ring substituents is 1. The summed E-state index contributed by atoms with van der Waals surface area (Å²) < 4.78 is 0. The van der Waals surface area contributed by atoms with Gasteiger partial charge in [0.25, 0.3) is 5.69 Å². The van der Waals surface area contributed by atoms with Crippen molar-refractivity contribution in [3.05, 3.63) is 58.6 Å². The average Bonchev–Trinajstić information content (AvgIpc) is 2.75. The molecular weight excluding hydrogens is 413 g/mol. The maximum absolute atomic E-state index is 12.0. The van der Waals surface area contributed by atoms with Crippen molar-refractivity contribution in [3.63, 3.8) is 0 Å².